The van der Waals surface area contributed by atoms with Crippen LogP contribution in [0.25, 0.3) is 5.57 Å². The summed E-state index contributed by atoms with van der Waals surface area (Å²) in [4.78, 5) is 0. The topological polar surface area (TPSA) is 0 Å². The van der Waals surface area contributed by atoms with E-state index in [1.165, 1.54) is 23.3 Å². The highest BCUT2D eigenvalue weighted by atomic mass is 32.2. The third-order valence-corrected chi connectivity index (χ3v) is 3.78. The van der Waals surface area contributed by atoms with Crippen LogP contribution < -0.4 is 0 Å². The molecule has 0 aliphatic carbocycles. The molecule has 74 valence electrons. The van der Waals surface area contributed by atoms with Gasteiger partial charge in [0.15, 0.2) is 0 Å². The summed E-state index contributed by atoms with van der Waals surface area (Å²) in [5.74, 6) is 1.24. The molecule has 0 N–H and O–H groups in total. The highest BCUT2D eigenvalue weighted by molar-refractivity contribution is 8.00. The molecule has 14 heavy (non-hydrogen) atoms. The van der Waals surface area contributed by atoms with Gasteiger partial charge in [-0.05, 0) is 37.2 Å². The summed E-state index contributed by atoms with van der Waals surface area (Å²) < 4.78 is 0.309. The minimum absolute atomic E-state index is 0.309. The van der Waals surface area contributed by atoms with Crippen molar-refractivity contribution in [2.45, 2.75) is 25.0 Å². The highest BCUT2D eigenvalue weighted by Crippen LogP contribution is 2.37. The predicted octanol–water partition coefficient (Wildman–Crippen LogP) is 3.99. The number of thioether (sulfide) groups is 1. The van der Waals surface area contributed by atoms with Gasteiger partial charge in [0.1, 0.15) is 0 Å². The van der Waals surface area contributed by atoms with Crippen molar-refractivity contribution in [1.29, 1.82) is 0 Å². The van der Waals surface area contributed by atoms with Crippen LogP contribution in [0.4, 0.5) is 0 Å². The van der Waals surface area contributed by atoms with E-state index in [4.69, 9.17) is 0 Å². The van der Waals surface area contributed by atoms with E-state index in [2.05, 4.69) is 50.3 Å². The van der Waals surface area contributed by atoms with Gasteiger partial charge >= 0.3 is 0 Å². The van der Waals surface area contributed by atoms with Gasteiger partial charge in [-0.2, -0.15) is 11.8 Å². The standard InChI is InChI=1S/C13H16S/c1-13(2)10-12(8-9-14-13)11-6-4-3-5-7-11/h3-7,10H,8-9H2,1-2H3. The van der Waals surface area contributed by atoms with Gasteiger partial charge in [0.2, 0.25) is 0 Å². The summed E-state index contributed by atoms with van der Waals surface area (Å²) in [7, 11) is 0. The maximum Gasteiger partial charge on any atom is 0.0288 e. The molecule has 1 aliphatic rings. The van der Waals surface area contributed by atoms with Crippen LogP contribution in [0.2, 0.25) is 0 Å². The molecule has 1 heterocycles. The van der Waals surface area contributed by atoms with Crippen LogP contribution >= 0.6 is 11.8 Å². The largest absolute Gasteiger partial charge is 0.151 e. The Labute approximate surface area is 90.4 Å². The van der Waals surface area contributed by atoms with Gasteiger partial charge in [-0.1, -0.05) is 36.4 Å². The number of hydrogen-bond acceptors (Lipinski definition) is 1. The van der Waals surface area contributed by atoms with Crippen molar-refractivity contribution in [3.63, 3.8) is 0 Å². The molecule has 0 saturated heterocycles. The fourth-order valence-corrected chi connectivity index (χ4v) is 2.91. The lowest BCUT2D eigenvalue weighted by atomic mass is 9.98. The van der Waals surface area contributed by atoms with Crippen LogP contribution in [0.5, 0.6) is 0 Å². The van der Waals surface area contributed by atoms with Gasteiger partial charge in [0.25, 0.3) is 0 Å². The number of rotatable bonds is 1. The summed E-state index contributed by atoms with van der Waals surface area (Å²) in [5, 5.41) is 0. The fraction of sp³-hybridized carbons (Fsp3) is 0.385. The molecule has 0 fully saturated rings. The maximum absolute atomic E-state index is 2.41. The van der Waals surface area contributed by atoms with E-state index in [0.29, 0.717) is 4.75 Å². The monoisotopic (exact) mass is 204 g/mol. The molecule has 0 atom stereocenters. The fourth-order valence-electron chi connectivity index (χ4n) is 1.84. The van der Waals surface area contributed by atoms with E-state index in [1.807, 2.05) is 11.8 Å². The van der Waals surface area contributed by atoms with Crippen molar-refractivity contribution < 1.29 is 0 Å². The lowest BCUT2D eigenvalue weighted by Gasteiger charge is -2.27. The van der Waals surface area contributed by atoms with E-state index in [1.54, 1.807) is 0 Å². The first-order valence-electron chi connectivity index (χ1n) is 5.08. The molecular formula is C13H16S. The Hall–Kier alpha value is -0.690. The van der Waals surface area contributed by atoms with Crippen molar-refractivity contribution >= 4 is 17.3 Å². The van der Waals surface area contributed by atoms with Crippen molar-refractivity contribution in [2.24, 2.45) is 0 Å². The normalized spacial score (nSPS) is 20.3. The molecule has 0 bridgehead atoms. The van der Waals surface area contributed by atoms with Gasteiger partial charge in [-0.15, -0.1) is 0 Å². The van der Waals surface area contributed by atoms with Gasteiger partial charge < -0.3 is 0 Å². The first-order valence-corrected chi connectivity index (χ1v) is 6.07. The molecule has 0 nitrogen and oxygen atoms in total. The molecule has 0 amide bonds. The van der Waals surface area contributed by atoms with Gasteiger partial charge in [0, 0.05) is 4.75 Å². The van der Waals surface area contributed by atoms with E-state index in [0.717, 1.165) is 0 Å². The lowest BCUT2D eigenvalue weighted by molar-refractivity contribution is 0.881. The number of allylic oxidation sites excluding steroid dienone is 1. The average molecular weight is 204 g/mol. The summed E-state index contributed by atoms with van der Waals surface area (Å²) in [5.41, 5.74) is 2.90. The van der Waals surface area contributed by atoms with E-state index in [9.17, 15) is 0 Å². The first-order chi connectivity index (χ1) is 6.67. The Kier molecular flexibility index (Phi) is 2.69. The summed E-state index contributed by atoms with van der Waals surface area (Å²) in [6, 6.07) is 10.7. The van der Waals surface area contributed by atoms with Crippen LogP contribution in [0.3, 0.4) is 0 Å². The summed E-state index contributed by atoms with van der Waals surface area (Å²) in [6.07, 6.45) is 3.62. The average Bonchev–Trinajstić information content (AvgIpc) is 2.18. The zero-order chi connectivity index (χ0) is 10.0. The quantitative estimate of drug-likeness (QED) is 0.666. The summed E-state index contributed by atoms with van der Waals surface area (Å²) >= 11 is 2.04. The third kappa shape index (κ3) is 2.21. The number of benzene rings is 1. The van der Waals surface area contributed by atoms with Crippen molar-refractivity contribution in [3.05, 3.63) is 42.0 Å². The Bertz CT molecular complexity index is 336. The second-order valence-electron chi connectivity index (χ2n) is 4.24. The molecule has 1 aromatic rings. The molecular weight excluding hydrogens is 188 g/mol. The molecule has 0 aromatic heterocycles. The second kappa shape index (κ2) is 3.82. The van der Waals surface area contributed by atoms with E-state index in [-0.39, 0.29) is 0 Å². The molecule has 0 radical (unpaired) electrons. The maximum atomic E-state index is 2.41. The van der Waals surface area contributed by atoms with Crippen LogP contribution in [0.15, 0.2) is 36.4 Å². The molecule has 1 aliphatic heterocycles. The minimum Gasteiger partial charge on any atom is -0.151 e. The molecule has 0 spiro atoms. The van der Waals surface area contributed by atoms with Gasteiger partial charge in [0.05, 0.1) is 0 Å². The Balaban J connectivity index is 2.31. The smallest absolute Gasteiger partial charge is 0.0288 e. The number of hydrogen-bond donors (Lipinski definition) is 0. The Morgan fingerprint density at radius 1 is 1.14 bits per heavy atom. The van der Waals surface area contributed by atoms with Gasteiger partial charge in [-0.3, -0.25) is 0 Å². The SMILES string of the molecule is CC1(C)C=C(c2ccccc2)CCS1. The highest BCUT2D eigenvalue weighted by Gasteiger charge is 2.21. The first kappa shape index (κ1) is 9.85. The van der Waals surface area contributed by atoms with Gasteiger partial charge in [-0.25, -0.2) is 0 Å². The van der Waals surface area contributed by atoms with E-state index < -0.39 is 0 Å². The zero-order valence-electron chi connectivity index (χ0n) is 8.79. The van der Waals surface area contributed by atoms with Crippen LogP contribution in [0, 0.1) is 0 Å². The van der Waals surface area contributed by atoms with Crippen LogP contribution in [-0.2, 0) is 0 Å². The minimum atomic E-state index is 0.309. The Morgan fingerprint density at radius 2 is 1.86 bits per heavy atom. The van der Waals surface area contributed by atoms with Crippen molar-refractivity contribution in [2.75, 3.05) is 5.75 Å². The van der Waals surface area contributed by atoms with Crippen molar-refractivity contribution in [1.82, 2.24) is 0 Å². The van der Waals surface area contributed by atoms with Crippen LogP contribution in [-0.4, -0.2) is 10.5 Å². The Morgan fingerprint density at radius 3 is 2.50 bits per heavy atom. The zero-order valence-corrected chi connectivity index (χ0v) is 9.60. The molecule has 1 heteroatoms. The summed E-state index contributed by atoms with van der Waals surface area (Å²) in [6.45, 7) is 4.58. The molecule has 0 unspecified atom stereocenters. The van der Waals surface area contributed by atoms with Crippen molar-refractivity contribution in [3.8, 4) is 0 Å². The predicted molar refractivity (Wildman–Crippen MR) is 65.6 cm³/mol. The third-order valence-electron chi connectivity index (χ3n) is 2.51. The molecule has 1 aromatic carbocycles. The lowest BCUT2D eigenvalue weighted by Crippen LogP contribution is -2.16. The molecule has 0 saturated carbocycles. The van der Waals surface area contributed by atoms with Crippen LogP contribution in [0.1, 0.15) is 25.8 Å². The van der Waals surface area contributed by atoms with E-state index >= 15 is 0 Å². The molecule has 2 rings (SSSR count). The second-order valence-corrected chi connectivity index (χ2v) is 5.99.